The topological polar surface area (TPSA) is 61.4 Å². The Balaban J connectivity index is 1.76. The smallest absolute Gasteiger partial charge is 0.244 e. The van der Waals surface area contributed by atoms with E-state index in [1.54, 1.807) is 11.8 Å². The minimum atomic E-state index is -0.468. The van der Waals surface area contributed by atoms with Gasteiger partial charge < -0.3 is 15.5 Å². The van der Waals surface area contributed by atoms with Crippen LogP contribution in [0.1, 0.15) is 32.3 Å². The number of rotatable bonds is 2. The summed E-state index contributed by atoms with van der Waals surface area (Å²) in [6.45, 7) is 5.14. The molecule has 2 N–H and O–H groups in total. The third kappa shape index (κ3) is 2.53. The van der Waals surface area contributed by atoms with Gasteiger partial charge in [-0.1, -0.05) is 0 Å². The first-order valence-electron chi connectivity index (χ1n) is 7.47. The van der Waals surface area contributed by atoms with Crippen molar-refractivity contribution in [3.05, 3.63) is 23.8 Å². The first kappa shape index (κ1) is 14.1. The van der Waals surface area contributed by atoms with Crippen molar-refractivity contribution in [2.75, 3.05) is 23.3 Å². The van der Waals surface area contributed by atoms with Crippen LogP contribution in [0, 0.1) is 0 Å². The highest BCUT2D eigenvalue weighted by Crippen LogP contribution is 2.31. The van der Waals surface area contributed by atoms with Crippen molar-refractivity contribution in [2.45, 2.75) is 38.6 Å². The molecule has 0 radical (unpaired) electrons. The lowest BCUT2D eigenvalue weighted by Crippen LogP contribution is -2.47. The van der Waals surface area contributed by atoms with Crippen molar-refractivity contribution in [1.82, 2.24) is 5.32 Å². The number of carbonyl (C=O) groups excluding carboxylic acids is 2. The number of anilines is 2. The van der Waals surface area contributed by atoms with Crippen LogP contribution in [-0.2, 0) is 16.0 Å². The lowest BCUT2D eigenvalue weighted by molar-refractivity contribution is -0.121. The summed E-state index contributed by atoms with van der Waals surface area (Å²) in [5, 5.41) is 6.26. The van der Waals surface area contributed by atoms with E-state index in [0.29, 0.717) is 0 Å². The Hall–Kier alpha value is -1.88. The highest BCUT2D eigenvalue weighted by molar-refractivity contribution is 5.99. The first-order valence-corrected chi connectivity index (χ1v) is 7.47. The van der Waals surface area contributed by atoms with Crippen molar-refractivity contribution >= 4 is 23.2 Å². The molecule has 1 aromatic rings. The van der Waals surface area contributed by atoms with Gasteiger partial charge in [0.2, 0.25) is 11.8 Å². The van der Waals surface area contributed by atoms with Crippen LogP contribution in [0.2, 0.25) is 0 Å². The largest absolute Gasteiger partial charge is 0.324 e. The number of benzene rings is 1. The Morgan fingerprint density at radius 3 is 2.86 bits per heavy atom. The lowest BCUT2D eigenvalue weighted by atomic mass is 9.99. The summed E-state index contributed by atoms with van der Waals surface area (Å²) in [6, 6.07) is 5.77. The van der Waals surface area contributed by atoms with Gasteiger partial charge in [-0.25, -0.2) is 0 Å². The van der Waals surface area contributed by atoms with Crippen molar-refractivity contribution in [1.29, 1.82) is 0 Å². The highest BCUT2D eigenvalue weighted by atomic mass is 16.2. The zero-order valence-electron chi connectivity index (χ0n) is 12.5. The number of hydrogen-bond donors (Lipinski definition) is 2. The molecule has 2 aliphatic heterocycles. The molecular weight excluding hydrogens is 266 g/mol. The zero-order valence-corrected chi connectivity index (χ0v) is 12.5. The van der Waals surface area contributed by atoms with Crippen LogP contribution in [0.4, 0.5) is 11.4 Å². The molecule has 0 aliphatic carbocycles. The average Bonchev–Trinajstić information content (AvgIpc) is 3.05. The Morgan fingerprint density at radius 1 is 1.38 bits per heavy atom. The molecule has 5 nitrogen and oxygen atoms in total. The quantitative estimate of drug-likeness (QED) is 0.870. The third-order valence-corrected chi connectivity index (χ3v) is 4.48. The number of carbonyl (C=O) groups is 2. The van der Waals surface area contributed by atoms with E-state index in [1.807, 2.05) is 25.1 Å². The second kappa shape index (κ2) is 5.15. The van der Waals surface area contributed by atoms with Gasteiger partial charge in [0.05, 0.1) is 5.54 Å². The number of nitrogens with zero attached hydrogens (tertiary/aromatic N) is 1. The minimum Gasteiger partial charge on any atom is -0.324 e. The van der Waals surface area contributed by atoms with E-state index in [4.69, 9.17) is 0 Å². The van der Waals surface area contributed by atoms with Gasteiger partial charge in [0.25, 0.3) is 0 Å². The van der Waals surface area contributed by atoms with Crippen LogP contribution in [0.5, 0.6) is 0 Å². The summed E-state index contributed by atoms with van der Waals surface area (Å²) in [4.78, 5) is 25.7. The van der Waals surface area contributed by atoms with Crippen LogP contribution in [0.3, 0.4) is 0 Å². The van der Waals surface area contributed by atoms with Crippen molar-refractivity contribution in [2.24, 2.45) is 0 Å². The van der Waals surface area contributed by atoms with Gasteiger partial charge in [0.15, 0.2) is 0 Å². The predicted octanol–water partition coefficient (Wildman–Crippen LogP) is 1.68. The summed E-state index contributed by atoms with van der Waals surface area (Å²) >= 11 is 0. The predicted molar refractivity (Wildman–Crippen MR) is 82.4 cm³/mol. The summed E-state index contributed by atoms with van der Waals surface area (Å²) in [6.07, 6.45) is 2.73. The molecular formula is C16H21N3O2. The van der Waals surface area contributed by atoms with Crippen LogP contribution < -0.4 is 15.5 Å². The van der Waals surface area contributed by atoms with Crippen LogP contribution in [0.25, 0.3) is 0 Å². The lowest BCUT2D eigenvalue weighted by Gasteiger charge is -2.23. The molecule has 5 heteroatoms. The fraction of sp³-hybridized carbons (Fsp3) is 0.500. The SMILES string of the molecule is CC(=O)N1CCc2cc(NC(=O)C3(C)CCCN3)ccc21. The van der Waals surface area contributed by atoms with E-state index in [0.717, 1.165) is 49.3 Å². The van der Waals surface area contributed by atoms with Crippen LogP contribution in [-0.4, -0.2) is 30.4 Å². The molecule has 1 fully saturated rings. The summed E-state index contributed by atoms with van der Waals surface area (Å²) < 4.78 is 0. The van der Waals surface area contributed by atoms with E-state index in [-0.39, 0.29) is 11.8 Å². The maximum Gasteiger partial charge on any atom is 0.244 e. The molecule has 0 spiro atoms. The van der Waals surface area contributed by atoms with Crippen molar-refractivity contribution < 1.29 is 9.59 Å². The normalized spacial score (nSPS) is 24.0. The van der Waals surface area contributed by atoms with Gasteiger partial charge in [0.1, 0.15) is 0 Å². The molecule has 112 valence electrons. The van der Waals surface area contributed by atoms with E-state index >= 15 is 0 Å². The highest BCUT2D eigenvalue weighted by Gasteiger charge is 2.36. The van der Waals surface area contributed by atoms with Gasteiger partial charge >= 0.3 is 0 Å². The van der Waals surface area contributed by atoms with Gasteiger partial charge in [-0.2, -0.15) is 0 Å². The standard InChI is InChI=1S/C16H21N3O2/c1-11(20)19-9-6-12-10-13(4-5-14(12)19)18-15(21)16(2)7-3-8-17-16/h4-5,10,17H,3,6-9H2,1-2H3,(H,18,21). The molecule has 1 unspecified atom stereocenters. The van der Waals surface area contributed by atoms with Crippen LogP contribution >= 0.6 is 0 Å². The molecule has 0 aromatic heterocycles. The second-order valence-electron chi connectivity index (χ2n) is 6.08. The van der Waals surface area contributed by atoms with Crippen molar-refractivity contribution in [3.8, 4) is 0 Å². The van der Waals surface area contributed by atoms with E-state index in [2.05, 4.69) is 10.6 Å². The minimum absolute atomic E-state index is 0.0152. The summed E-state index contributed by atoms with van der Waals surface area (Å²) in [7, 11) is 0. The van der Waals surface area contributed by atoms with E-state index in [1.165, 1.54) is 0 Å². The molecule has 3 rings (SSSR count). The van der Waals surface area contributed by atoms with Crippen LogP contribution in [0.15, 0.2) is 18.2 Å². The number of fused-ring (bicyclic) bond motifs is 1. The molecule has 2 amide bonds. The van der Waals surface area contributed by atoms with Gasteiger partial charge in [0, 0.05) is 24.8 Å². The molecule has 1 aromatic carbocycles. The number of hydrogen-bond acceptors (Lipinski definition) is 3. The molecule has 1 atom stereocenters. The summed E-state index contributed by atoms with van der Waals surface area (Å²) in [5.41, 5.74) is 2.42. The Kier molecular flexibility index (Phi) is 3.45. The maximum atomic E-state index is 12.4. The molecule has 1 saturated heterocycles. The fourth-order valence-corrected chi connectivity index (χ4v) is 3.16. The Bertz CT molecular complexity index is 591. The van der Waals surface area contributed by atoms with E-state index in [9.17, 15) is 9.59 Å². The fourth-order valence-electron chi connectivity index (χ4n) is 3.16. The Morgan fingerprint density at radius 2 is 2.19 bits per heavy atom. The molecule has 2 aliphatic rings. The maximum absolute atomic E-state index is 12.4. The number of nitrogens with one attached hydrogen (secondary N) is 2. The molecule has 21 heavy (non-hydrogen) atoms. The average molecular weight is 287 g/mol. The molecule has 2 heterocycles. The number of amides is 2. The van der Waals surface area contributed by atoms with E-state index < -0.39 is 5.54 Å². The van der Waals surface area contributed by atoms with Gasteiger partial charge in [-0.05, 0) is 56.5 Å². The zero-order chi connectivity index (χ0) is 15.0. The summed E-state index contributed by atoms with van der Waals surface area (Å²) in [5.74, 6) is 0.0783. The van der Waals surface area contributed by atoms with Gasteiger partial charge in [-0.3, -0.25) is 9.59 Å². The van der Waals surface area contributed by atoms with Gasteiger partial charge in [-0.15, -0.1) is 0 Å². The van der Waals surface area contributed by atoms with Crippen molar-refractivity contribution in [3.63, 3.8) is 0 Å². The monoisotopic (exact) mass is 287 g/mol. The Labute approximate surface area is 124 Å². The molecule has 0 bridgehead atoms. The molecule has 0 saturated carbocycles. The first-order chi connectivity index (χ1) is 9.99. The second-order valence-corrected chi connectivity index (χ2v) is 6.08. The third-order valence-electron chi connectivity index (χ3n) is 4.48.